The topological polar surface area (TPSA) is 108 Å². The van der Waals surface area contributed by atoms with Gasteiger partial charge in [0.25, 0.3) is 0 Å². The first kappa shape index (κ1) is 31.1. The maximum atomic E-state index is 12.0. The van der Waals surface area contributed by atoms with Gasteiger partial charge in [0.1, 0.15) is 0 Å². The molecule has 1 aliphatic rings. The van der Waals surface area contributed by atoms with Crippen LogP contribution in [0.15, 0.2) is 85.5 Å². The first-order chi connectivity index (χ1) is 20.3. The van der Waals surface area contributed by atoms with Crippen molar-refractivity contribution in [1.82, 2.24) is 10.2 Å². The third kappa shape index (κ3) is 8.36. The largest absolute Gasteiger partial charge is 0.481 e. The Hall–Kier alpha value is -3.82. The number of carbonyl (C=O) groups is 2. The average Bonchev–Trinajstić information content (AvgIpc) is 3.00. The van der Waals surface area contributed by atoms with Gasteiger partial charge < -0.3 is 29.9 Å². The molecular formula is C34H40N2O6. The lowest BCUT2D eigenvalue weighted by Gasteiger charge is -2.42. The number of ether oxygens (including phenoxy) is 2. The number of carboxylic acid groups (broad SMARTS) is 1. The van der Waals surface area contributed by atoms with Gasteiger partial charge in [-0.25, -0.2) is 0 Å². The Balaban J connectivity index is 1.55. The minimum Gasteiger partial charge on any atom is -0.481 e. The number of nitrogens with one attached hydrogen (secondary N) is 1. The second-order valence-electron chi connectivity index (χ2n) is 10.8. The number of nitrogens with zero attached hydrogens (tertiary/aromatic N) is 1. The van der Waals surface area contributed by atoms with Gasteiger partial charge in [0, 0.05) is 37.5 Å². The van der Waals surface area contributed by atoms with Crippen LogP contribution >= 0.6 is 0 Å². The Morgan fingerprint density at radius 1 is 0.952 bits per heavy atom. The van der Waals surface area contributed by atoms with E-state index in [1.807, 2.05) is 72.8 Å². The molecule has 222 valence electrons. The van der Waals surface area contributed by atoms with E-state index in [0.29, 0.717) is 6.54 Å². The molecule has 3 aromatic rings. The highest BCUT2D eigenvalue weighted by Gasteiger charge is 2.38. The zero-order valence-corrected chi connectivity index (χ0v) is 24.2. The van der Waals surface area contributed by atoms with Crippen LogP contribution in [0, 0.1) is 5.92 Å². The number of hydrogen-bond donors (Lipinski definition) is 3. The Morgan fingerprint density at radius 3 is 2.36 bits per heavy atom. The number of aliphatic carboxylic acids is 1. The fraction of sp³-hybridized carbons (Fsp3) is 0.353. The number of hydrogen-bond acceptors (Lipinski definition) is 6. The van der Waals surface area contributed by atoms with E-state index in [9.17, 15) is 14.7 Å². The molecule has 1 aliphatic heterocycles. The Kier molecular flexibility index (Phi) is 11.0. The minimum absolute atomic E-state index is 0.00679. The molecule has 1 heterocycles. The lowest BCUT2D eigenvalue weighted by Crippen LogP contribution is -2.43. The predicted octanol–water partition coefficient (Wildman–Crippen LogP) is 5.24. The highest BCUT2D eigenvalue weighted by molar-refractivity contribution is 5.80. The first-order valence-electron chi connectivity index (χ1n) is 14.2. The molecule has 1 amide bonds. The summed E-state index contributed by atoms with van der Waals surface area (Å²) in [5.74, 6) is -1.20. The molecule has 42 heavy (non-hydrogen) atoms. The van der Waals surface area contributed by atoms with E-state index in [0.717, 1.165) is 46.5 Å². The summed E-state index contributed by atoms with van der Waals surface area (Å²) in [6.07, 6.45) is 0.772. The predicted molar refractivity (Wildman–Crippen MR) is 161 cm³/mol. The van der Waals surface area contributed by atoms with Crippen molar-refractivity contribution >= 4 is 11.9 Å². The van der Waals surface area contributed by atoms with Crippen molar-refractivity contribution < 1.29 is 29.3 Å². The third-order valence-corrected chi connectivity index (χ3v) is 7.53. The molecule has 0 spiro atoms. The maximum absolute atomic E-state index is 12.0. The second-order valence-corrected chi connectivity index (χ2v) is 10.8. The van der Waals surface area contributed by atoms with Gasteiger partial charge in [-0.15, -0.1) is 6.58 Å². The van der Waals surface area contributed by atoms with Crippen LogP contribution in [0.5, 0.6) is 0 Å². The number of carboxylic acids is 1. The van der Waals surface area contributed by atoms with E-state index in [4.69, 9.17) is 14.6 Å². The molecule has 1 fully saturated rings. The molecule has 0 aliphatic carbocycles. The van der Waals surface area contributed by atoms with Gasteiger partial charge in [-0.05, 0) is 47.0 Å². The fourth-order valence-corrected chi connectivity index (χ4v) is 5.17. The lowest BCUT2D eigenvalue weighted by atomic mass is 9.90. The van der Waals surface area contributed by atoms with Crippen LogP contribution in [0.1, 0.15) is 54.4 Å². The maximum Gasteiger partial charge on any atom is 0.303 e. The monoisotopic (exact) mass is 572 g/mol. The summed E-state index contributed by atoms with van der Waals surface area (Å²) in [5.41, 5.74) is 5.68. The van der Waals surface area contributed by atoms with Crippen LogP contribution in [0.3, 0.4) is 0 Å². The second kappa shape index (κ2) is 14.9. The average molecular weight is 573 g/mol. The van der Waals surface area contributed by atoms with Crippen molar-refractivity contribution in [3.63, 3.8) is 0 Å². The molecule has 0 bridgehead atoms. The van der Waals surface area contributed by atoms with Gasteiger partial charge >= 0.3 is 5.97 Å². The minimum atomic E-state index is -0.992. The molecule has 4 atom stereocenters. The summed E-state index contributed by atoms with van der Waals surface area (Å²) < 4.78 is 13.2. The fourth-order valence-electron chi connectivity index (χ4n) is 5.17. The number of amides is 1. The SMILES string of the molecule is C=CCN(C)C[C@H]1O[C@@H](c2cccc(-c3cccc(CNC(=O)CCC(=O)O)c3)c2)O[C@@H](c2ccc(CO)cc2)[C@H]1C. The van der Waals surface area contributed by atoms with Crippen LogP contribution in [0.25, 0.3) is 11.1 Å². The quantitative estimate of drug-likeness (QED) is 0.241. The highest BCUT2D eigenvalue weighted by Crippen LogP contribution is 2.42. The van der Waals surface area contributed by atoms with Gasteiger partial charge in [0.05, 0.1) is 25.2 Å². The van der Waals surface area contributed by atoms with E-state index < -0.39 is 12.3 Å². The summed E-state index contributed by atoms with van der Waals surface area (Å²) in [6.45, 7) is 7.79. The number of aliphatic hydroxyl groups excluding tert-OH is 1. The van der Waals surface area contributed by atoms with Crippen LogP contribution in [0.4, 0.5) is 0 Å². The molecule has 0 aromatic heterocycles. The molecule has 3 aromatic carbocycles. The molecule has 8 heteroatoms. The zero-order chi connectivity index (χ0) is 30.1. The summed E-state index contributed by atoms with van der Waals surface area (Å²) in [6, 6.07) is 23.9. The highest BCUT2D eigenvalue weighted by atomic mass is 16.7. The van der Waals surface area contributed by atoms with Gasteiger partial charge in [0.2, 0.25) is 5.91 Å². The standard InChI is InChI=1S/C34H40N2O6/c1-4-17-36(3)21-30-23(2)33(26-13-11-24(22-37)12-14-26)42-34(41-30)29-10-6-9-28(19-29)27-8-5-7-25(18-27)20-35-31(38)15-16-32(39)40/h4-14,18-19,23,30,33-34,37H,1,15-17,20-22H2,2-3H3,(H,35,38)(H,39,40)/t23-,30+,33+,34+/m0/s1. The van der Waals surface area contributed by atoms with E-state index in [2.05, 4.69) is 36.8 Å². The molecular weight excluding hydrogens is 532 g/mol. The molecule has 0 unspecified atom stereocenters. The van der Waals surface area contributed by atoms with E-state index in [1.54, 1.807) is 0 Å². The summed E-state index contributed by atoms with van der Waals surface area (Å²) in [4.78, 5) is 24.9. The smallest absolute Gasteiger partial charge is 0.303 e. The van der Waals surface area contributed by atoms with Gasteiger partial charge in [0.15, 0.2) is 6.29 Å². The summed E-state index contributed by atoms with van der Waals surface area (Å²) in [7, 11) is 2.05. The third-order valence-electron chi connectivity index (χ3n) is 7.53. The summed E-state index contributed by atoms with van der Waals surface area (Å²) in [5, 5.41) is 21.1. The van der Waals surface area contributed by atoms with Crippen LogP contribution < -0.4 is 5.32 Å². The first-order valence-corrected chi connectivity index (χ1v) is 14.2. The van der Waals surface area contributed by atoms with Crippen LogP contribution in [-0.2, 0) is 32.2 Å². The van der Waals surface area contributed by atoms with Gasteiger partial charge in [-0.1, -0.05) is 73.7 Å². The molecule has 0 radical (unpaired) electrons. The van der Waals surface area contributed by atoms with Gasteiger partial charge in [-0.3, -0.25) is 9.59 Å². The summed E-state index contributed by atoms with van der Waals surface area (Å²) >= 11 is 0. The van der Waals surface area contributed by atoms with Crippen molar-refractivity contribution in [2.75, 3.05) is 20.1 Å². The zero-order valence-electron chi connectivity index (χ0n) is 24.2. The Labute approximate surface area is 247 Å². The van der Waals surface area contributed by atoms with Crippen molar-refractivity contribution in [3.8, 4) is 11.1 Å². The van der Waals surface area contributed by atoms with E-state index in [1.165, 1.54) is 0 Å². The molecule has 8 nitrogen and oxygen atoms in total. The number of aliphatic hydroxyl groups is 1. The van der Waals surface area contributed by atoms with Crippen LogP contribution in [0.2, 0.25) is 0 Å². The number of likely N-dealkylation sites (N-methyl/N-ethyl adjacent to an activating group) is 1. The number of rotatable bonds is 13. The van der Waals surface area contributed by atoms with Crippen LogP contribution in [-0.4, -0.2) is 53.2 Å². The lowest BCUT2D eigenvalue weighted by molar-refractivity contribution is -0.275. The van der Waals surface area contributed by atoms with Crippen molar-refractivity contribution in [2.24, 2.45) is 5.92 Å². The van der Waals surface area contributed by atoms with Gasteiger partial charge in [-0.2, -0.15) is 0 Å². The Bertz CT molecular complexity index is 1360. The van der Waals surface area contributed by atoms with E-state index in [-0.39, 0.29) is 43.5 Å². The normalized spacial score (nSPS) is 20.3. The number of carbonyl (C=O) groups excluding carboxylic acids is 1. The van der Waals surface area contributed by atoms with Crippen molar-refractivity contribution in [1.29, 1.82) is 0 Å². The Morgan fingerprint density at radius 2 is 1.67 bits per heavy atom. The molecule has 1 saturated heterocycles. The number of benzene rings is 3. The molecule has 3 N–H and O–H groups in total. The molecule has 4 rings (SSSR count). The molecule has 0 saturated carbocycles. The van der Waals surface area contributed by atoms with Crippen molar-refractivity contribution in [2.45, 2.75) is 51.4 Å². The van der Waals surface area contributed by atoms with Crippen molar-refractivity contribution in [3.05, 3.63) is 108 Å². The van der Waals surface area contributed by atoms with E-state index >= 15 is 0 Å².